The monoisotopic (exact) mass is 368 g/mol. The first kappa shape index (κ1) is 17.9. The topological polar surface area (TPSA) is 69.7 Å². The number of H-pyrrole nitrogens is 1. The van der Waals surface area contributed by atoms with Gasteiger partial charge in [-0.1, -0.05) is 20.8 Å². The van der Waals surface area contributed by atoms with E-state index < -0.39 is 0 Å². The van der Waals surface area contributed by atoms with Crippen LogP contribution in [0.2, 0.25) is 0 Å². The second-order valence-corrected chi connectivity index (χ2v) is 7.58. The molecule has 1 aliphatic heterocycles. The lowest BCUT2D eigenvalue weighted by atomic mass is 9.89. The molecule has 6 nitrogen and oxygen atoms in total. The number of nitrogens with one attached hydrogen (secondary N) is 2. The molecule has 3 aromatic rings. The number of aromatic amines is 1. The van der Waals surface area contributed by atoms with E-state index in [2.05, 4.69) is 51.2 Å². The number of aromatic nitrogens is 4. The van der Waals surface area contributed by atoms with Gasteiger partial charge in [-0.2, -0.15) is 5.10 Å². The first-order chi connectivity index (χ1) is 13.0. The third-order valence-electron chi connectivity index (χ3n) is 5.61. The summed E-state index contributed by atoms with van der Waals surface area (Å²) < 4.78 is 14.6. The van der Waals surface area contributed by atoms with E-state index in [0.29, 0.717) is 29.2 Å². The van der Waals surface area contributed by atoms with Gasteiger partial charge in [-0.05, 0) is 36.1 Å². The molecule has 2 unspecified atom stereocenters. The SMILES string of the molecule is CC(C)C(C)C1CN(c2ccc(F)c(-c3n[nH]c4ncccc34)n2)CCN1. The smallest absolute Gasteiger partial charge is 0.155 e. The van der Waals surface area contributed by atoms with E-state index in [9.17, 15) is 4.39 Å². The Morgan fingerprint density at radius 3 is 2.85 bits per heavy atom. The Bertz CT molecular complexity index is 937. The molecule has 0 saturated carbocycles. The van der Waals surface area contributed by atoms with Crippen molar-refractivity contribution >= 4 is 16.9 Å². The van der Waals surface area contributed by atoms with Crippen molar-refractivity contribution in [2.24, 2.45) is 11.8 Å². The van der Waals surface area contributed by atoms with Crippen LogP contribution in [0.25, 0.3) is 22.4 Å². The molecular formula is C20H25FN6. The van der Waals surface area contributed by atoms with E-state index in [1.54, 1.807) is 12.3 Å². The van der Waals surface area contributed by atoms with E-state index in [-0.39, 0.29) is 11.5 Å². The van der Waals surface area contributed by atoms with Crippen LogP contribution in [0.5, 0.6) is 0 Å². The molecule has 0 bridgehead atoms. The molecule has 0 spiro atoms. The van der Waals surface area contributed by atoms with E-state index in [4.69, 9.17) is 0 Å². The summed E-state index contributed by atoms with van der Waals surface area (Å²) in [5, 5.41) is 11.5. The average Bonchev–Trinajstić information content (AvgIpc) is 3.12. The largest absolute Gasteiger partial charge is 0.354 e. The molecule has 142 valence electrons. The van der Waals surface area contributed by atoms with Crippen molar-refractivity contribution in [1.82, 2.24) is 25.5 Å². The van der Waals surface area contributed by atoms with Gasteiger partial charge < -0.3 is 10.2 Å². The highest BCUT2D eigenvalue weighted by molar-refractivity contribution is 5.89. The van der Waals surface area contributed by atoms with Crippen LogP contribution in [0.3, 0.4) is 0 Å². The Morgan fingerprint density at radius 1 is 1.19 bits per heavy atom. The summed E-state index contributed by atoms with van der Waals surface area (Å²) in [5.74, 6) is 1.56. The number of fused-ring (bicyclic) bond motifs is 1. The van der Waals surface area contributed by atoms with Gasteiger partial charge in [-0.3, -0.25) is 5.10 Å². The lowest BCUT2D eigenvalue weighted by Crippen LogP contribution is -2.54. The molecule has 27 heavy (non-hydrogen) atoms. The van der Waals surface area contributed by atoms with Gasteiger partial charge in [-0.25, -0.2) is 14.4 Å². The standard InChI is InChI=1S/C20H25FN6/c1-12(2)13(3)16-11-27(10-9-22-16)17-7-6-15(21)19(24-17)18-14-5-4-8-23-20(14)26-25-18/h4-8,12-13,16,22H,9-11H2,1-3H3,(H,23,25,26). The van der Waals surface area contributed by atoms with Gasteiger partial charge in [0, 0.05) is 37.3 Å². The summed E-state index contributed by atoms with van der Waals surface area (Å²) in [4.78, 5) is 11.1. The molecule has 1 aliphatic rings. The number of rotatable bonds is 4. The molecule has 1 saturated heterocycles. The van der Waals surface area contributed by atoms with Crippen molar-refractivity contribution in [1.29, 1.82) is 0 Å². The molecule has 2 atom stereocenters. The van der Waals surface area contributed by atoms with Crippen molar-refractivity contribution in [3.8, 4) is 11.4 Å². The van der Waals surface area contributed by atoms with Gasteiger partial charge in [0.15, 0.2) is 11.5 Å². The predicted molar refractivity (Wildman–Crippen MR) is 105 cm³/mol. The van der Waals surface area contributed by atoms with Crippen molar-refractivity contribution < 1.29 is 4.39 Å². The molecular weight excluding hydrogens is 343 g/mol. The van der Waals surface area contributed by atoms with Crippen molar-refractivity contribution in [3.05, 3.63) is 36.3 Å². The lowest BCUT2D eigenvalue weighted by molar-refractivity contribution is 0.283. The second-order valence-electron chi connectivity index (χ2n) is 7.58. The van der Waals surface area contributed by atoms with E-state index >= 15 is 0 Å². The van der Waals surface area contributed by atoms with Crippen LogP contribution < -0.4 is 10.2 Å². The maximum Gasteiger partial charge on any atom is 0.155 e. The molecule has 0 amide bonds. The summed E-state index contributed by atoms with van der Waals surface area (Å²) in [6, 6.07) is 7.33. The molecule has 4 rings (SSSR count). The number of pyridine rings is 2. The summed E-state index contributed by atoms with van der Waals surface area (Å²) in [7, 11) is 0. The summed E-state index contributed by atoms with van der Waals surface area (Å²) in [6.07, 6.45) is 1.68. The number of piperazine rings is 1. The zero-order valence-corrected chi connectivity index (χ0v) is 15.9. The average molecular weight is 368 g/mol. The van der Waals surface area contributed by atoms with Gasteiger partial charge >= 0.3 is 0 Å². The van der Waals surface area contributed by atoms with Crippen LogP contribution in [0.4, 0.5) is 10.2 Å². The minimum Gasteiger partial charge on any atom is -0.354 e. The van der Waals surface area contributed by atoms with Gasteiger partial charge in [-0.15, -0.1) is 0 Å². The fourth-order valence-corrected chi connectivity index (χ4v) is 3.61. The minimum atomic E-state index is -0.377. The van der Waals surface area contributed by atoms with Gasteiger partial charge in [0.2, 0.25) is 0 Å². The Kier molecular flexibility index (Phi) is 4.78. The Labute approximate surface area is 158 Å². The predicted octanol–water partition coefficient (Wildman–Crippen LogP) is 3.23. The molecule has 0 aromatic carbocycles. The first-order valence-corrected chi connectivity index (χ1v) is 9.49. The fourth-order valence-electron chi connectivity index (χ4n) is 3.61. The maximum atomic E-state index is 14.6. The van der Waals surface area contributed by atoms with Crippen molar-refractivity contribution in [2.75, 3.05) is 24.5 Å². The fraction of sp³-hybridized carbons (Fsp3) is 0.450. The molecule has 7 heteroatoms. The molecule has 0 aliphatic carbocycles. The number of hydrogen-bond acceptors (Lipinski definition) is 5. The highest BCUT2D eigenvalue weighted by atomic mass is 19.1. The zero-order valence-electron chi connectivity index (χ0n) is 15.9. The van der Waals surface area contributed by atoms with Gasteiger partial charge in [0.05, 0.1) is 0 Å². The Hall–Kier alpha value is -2.54. The molecule has 4 heterocycles. The normalized spacial score (nSPS) is 19.0. The number of nitrogens with zero attached hydrogens (tertiary/aromatic N) is 4. The third kappa shape index (κ3) is 3.39. The van der Waals surface area contributed by atoms with Crippen LogP contribution >= 0.6 is 0 Å². The quantitative estimate of drug-likeness (QED) is 0.740. The minimum absolute atomic E-state index is 0.263. The number of halogens is 1. The highest BCUT2D eigenvalue weighted by Crippen LogP contribution is 2.28. The third-order valence-corrected chi connectivity index (χ3v) is 5.61. The van der Waals surface area contributed by atoms with Crippen LogP contribution in [-0.4, -0.2) is 45.8 Å². The van der Waals surface area contributed by atoms with Crippen LogP contribution in [0.1, 0.15) is 20.8 Å². The maximum absolute atomic E-state index is 14.6. The first-order valence-electron chi connectivity index (χ1n) is 9.49. The van der Waals surface area contributed by atoms with Crippen LogP contribution in [0.15, 0.2) is 30.5 Å². The lowest BCUT2D eigenvalue weighted by Gasteiger charge is -2.38. The van der Waals surface area contributed by atoms with Crippen molar-refractivity contribution in [2.45, 2.75) is 26.8 Å². The van der Waals surface area contributed by atoms with Gasteiger partial charge in [0.25, 0.3) is 0 Å². The molecule has 0 radical (unpaired) electrons. The van der Waals surface area contributed by atoms with E-state index in [0.717, 1.165) is 30.8 Å². The summed E-state index contributed by atoms with van der Waals surface area (Å²) in [5.41, 5.74) is 1.39. The van der Waals surface area contributed by atoms with Crippen LogP contribution in [-0.2, 0) is 0 Å². The highest BCUT2D eigenvalue weighted by Gasteiger charge is 2.27. The summed E-state index contributed by atoms with van der Waals surface area (Å²) >= 11 is 0. The van der Waals surface area contributed by atoms with Crippen LogP contribution in [0, 0.1) is 17.7 Å². The molecule has 3 aromatic heterocycles. The molecule has 1 fully saturated rings. The Morgan fingerprint density at radius 2 is 2.04 bits per heavy atom. The summed E-state index contributed by atoms with van der Waals surface area (Å²) in [6.45, 7) is 9.37. The number of hydrogen-bond donors (Lipinski definition) is 2. The van der Waals surface area contributed by atoms with E-state index in [1.807, 2.05) is 12.1 Å². The van der Waals surface area contributed by atoms with Gasteiger partial charge in [0.1, 0.15) is 17.2 Å². The zero-order chi connectivity index (χ0) is 19.0. The van der Waals surface area contributed by atoms with E-state index in [1.165, 1.54) is 6.07 Å². The molecule has 2 N–H and O–H groups in total. The van der Waals surface area contributed by atoms with Crippen molar-refractivity contribution in [3.63, 3.8) is 0 Å². The Balaban J connectivity index is 1.66. The number of anilines is 1. The second kappa shape index (κ2) is 7.23.